The first-order valence-electron chi connectivity index (χ1n) is 7.12. The smallest absolute Gasteiger partial charge is 0.129 e. The van der Waals surface area contributed by atoms with Crippen LogP contribution in [0.1, 0.15) is 43.9 Å². The molecule has 106 valence electrons. The summed E-state index contributed by atoms with van der Waals surface area (Å²) < 4.78 is 5.21. The molecular formula is C15H25N3O. The van der Waals surface area contributed by atoms with Gasteiger partial charge in [-0.2, -0.15) is 0 Å². The Balaban J connectivity index is 2.26. The molecule has 0 spiro atoms. The van der Waals surface area contributed by atoms with E-state index >= 15 is 0 Å². The zero-order chi connectivity index (χ0) is 13.8. The van der Waals surface area contributed by atoms with E-state index in [1.54, 1.807) is 7.11 Å². The zero-order valence-electron chi connectivity index (χ0n) is 12.2. The molecule has 19 heavy (non-hydrogen) atoms. The van der Waals surface area contributed by atoms with Crippen LogP contribution < -0.4 is 10.6 Å². The third-order valence-corrected chi connectivity index (χ3v) is 3.54. The van der Waals surface area contributed by atoms with Gasteiger partial charge in [0.15, 0.2) is 0 Å². The number of aromatic nitrogens is 1. The maximum absolute atomic E-state index is 5.81. The first-order valence-corrected chi connectivity index (χ1v) is 7.12. The Morgan fingerprint density at radius 2 is 2.16 bits per heavy atom. The largest absolute Gasteiger partial charge is 0.383 e. The lowest BCUT2D eigenvalue weighted by Crippen LogP contribution is -2.30. The van der Waals surface area contributed by atoms with Gasteiger partial charge in [-0.25, -0.2) is 4.98 Å². The second kappa shape index (κ2) is 6.35. The van der Waals surface area contributed by atoms with E-state index in [1.807, 2.05) is 0 Å². The molecule has 0 aromatic carbocycles. The van der Waals surface area contributed by atoms with E-state index in [0.717, 1.165) is 30.2 Å². The van der Waals surface area contributed by atoms with Crippen molar-refractivity contribution >= 4 is 5.82 Å². The van der Waals surface area contributed by atoms with Crippen molar-refractivity contribution < 1.29 is 4.74 Å². The maximum Gasteiger partial charge on any atom is 0.129 e. The third kappa shape index (κ3) is 3.67. The molecule has 0 unspecified atom stereocenters. The molecular weight excluding hydrogens is 238 g/mol. The Morgan fingerprint density at radius 3 is 2.68 bits per heavy atom. The van der Waals surface area contributed by atoms with E-state index in [0.29, 0.717) is 18.5 Å². The first-order chi connectivity index (χ1) is 9.15. The Kier molecular flexibility index (Phi) is 4.77. The Hall–Kier alpha value is -1.13. The number of nitrogens with zero attached hydrogens (tertiary/aromatic N) is 2. The molecule has 0 amide bonds. The molecule has 1 saturated carbocycles. The minimum absolute atomic E-state index is 0.425. The van der Waals surface area contributed by atoms with Gasteiger partial charge in [0.25, 0.3) is 0 Å². The van der Waals surface area contributed by atoms with Crippen molar-refractivity contribution in [1.82, 2.24) is 4.98 Å². The molecule has 0 aliphatic heterocycles. The van der Waals surface area contributed by atoms with Gasteiger partial charge in [-0.1, -0.05) is 13.8 Å². The fourth-order valence-electron chi connectivity index (χ4n) is 2.22. The molecule has 1 heterocycles. The second-order valence-corrected chi connectivity index (χ2v) is 5.53. The third-order valence-electron chi connectivity index (χ3n) is 3.54. The van der Waals surface area contributed by atoms with Crippen molar-refractivity contribution in [3.63, 3.8) is 0 Å². The van der Waals surface area contributed by atoms with Gasteiger partial charge >= 0.3 is 0 Å². The Labute approximate surface area is 116 Å². The van der Waals surface area contributed by atoms with E-state index < -0.39 is 0 Å². The van der Waals surface area contributed by atoms with Crippen LogP contribution in [0, 0.1) is 0 Å². The molecule has 1 aliphatic carbocycles. The van der Waals surface area contributed by atoms with Gasteiger partial charge in [-0.15, -0.1) is 0 Å². The molecule has 1 aliphatic rings. The summed E-state index contributed by atoms with van der Waals surface area (Å²) in [5.74, 6) is 1.49. The van der Waals surface area contributed by atoms with Crippen LogP contribution >= 0.6 is 0 Å². The summed E-state index contributed by atoms with van der Waals surface area (Å²) in [6.07, 6.45) is 2.52. The monoisotopic (exact) mass is 263 g/mol. The molecule has 2 N–H and O–H groups in total. The second-order valence-electron chi connectivity index (χ2n) is 5.53. The number of hydrogen-bond acceptors (Lipinski definition) is 4. The zero-order valence-corrected chi connectivity index (χ0v) is 12.2. The van der Waals surface area contributed by atoms with Gasteiger partial charge in [-0.3, -0.25) is 0 Å². The van der Waals surface area contributed by atoms with Crippen LogP contribution in [0.25, 0.3) is 0 Å². The highest BCUT2D eigenvalue weighted by Crippen LogP contribution is 2.31. The molecule has 1 fully saturated rings. The van der Waals surface area contributed by atoms with Gasteiger partial charge in [0.2, 0.25) is 0 Å². The van der Waals surface area contributed by atoms with Crippen molar-refractivity contribution in [3.8, 4) is 0 Å². The number of nitrogens with two attached hydrogens (primary N) is 1. The van der Waals surface area contributed by atoms with Crippen LogP contribution in [0.5, 0.6) is 0 Å². The highest BCUT2D eigenvalue weighted by Gasteiger charge is 2.30. The van der Waals surface area contributed by atoms with Gasteiger partial charge in [0, 0.05) is 31.9 Å². The number of rotatable bonds is 7. The van der Waals surface area contributed by atoms with Crippen molar-refractivity contribution in [2.45, 2.75) is 45.2 Å². The standard InChI is InChI=1S/C15H25N3O/c1-11(2)14-8-12(10-16)9-15(17-14)18(6-7-19-3)13-4-5-13/h8-9,11,13H,4-7,10,16H2,1-3H3. The van der Waals surface area contributed by atoms with E-state index in [4.69, 9.17) is 15.5 Å². The predicted octanol–water partition coefficient (Wildman–Crippen LogP) is 2.28. The SMILES string of the molecule is COCCN(c1cc(CN)cc(C(C)C)n1)C1CC1. The van der Waals surface area contributed by atoms with Crippen LogP contribution in [0.3, 0.4) is 0 Å². The molecule has 1 aromatic heterocycles. The van der Waals surface area contributed by atoms with E-state index in [-0.39, 0.29) is 0 Å². The predicted molar refractivity (Wildman–Crippen MR) is 78.5 cm³/mol. The van der Waals surface area contributed by atoms with Gasteiger partial charge in [0.1, 0.15) is 5.82 Å². The minimum atomic E-state index is 0.425. The van der Waals surface area contributed by atoms with Gasteiger partial charge in [0.05, 0.1) is 6.61 Å². The summed E-state index contributed by atoms with van der Waals surface area (Å²) in [6, 6.07) is 4.88. The van der Waals surface area contributed by atoms with Crippen molar-refractivity contribution in [2.75, 3.05) is 25.2 Å². The number of methoxy groups -OCH3 is 1. The molecule has 4 heteroatoms. The lowest BCUT2D eigenvalue weighted by atomic mass is 10.1. The molecule has 0 radical (unpaired) electrons. The van der Waals surface area contributed by atoms with E-state index in [2.05, 4.69) is 30.9 Å². The highest BCUT2D eigenvalue weighted by molar-refractivity contribution is 5.45. The van der Waals surface area contributed by atoms with E-state index in [1.165, 1.54) is 12.8 Å². The Bertz CT molecular complexity index is 416. The number of ether oxygens (including phenoxy) is 1. The van der Waals surface area contributed by atoms with Gasteiger partial charge < -0.3 is 15.4 Å². The fraction of sp³-hybridized carbons (Fsp3) is 0.667. The average molecular weight is 263 g/mol. The first kappa shape index (κ1) is 14.3. The van der Waals surface area contributed by atoms with E-state index in [9.17, 15) is 0 Å². The maximum atomic E-state index is 5.81. The summed E-state index contributed by atoms with van der Waals surface area (Å²) >= 11 is 0. The molecule has 4 nitrogen and oxygen atoms in total. The Morgan fingerprint density at radius 1 is 1.42 bits per heavy atom. The van der Waals surface area contributed by atoms with Crippen molar-refractivity contribution in [3.05, 3.63) is 23.4 Å². The summed E-state index contributed by atoms with van der Waals surface area (Å²) in [6.45, 7) is 6.55. The lowest BCUT2D eigenvalue weighted by Gasteiger charge is -2.25. The van der Waals surface area contributed by atoms with Crippen molar-refractivity contribution in [2.24, 2.45) is 5.73 Å². The molecule has 0 bridgehead atoms. The number of pyridine rings is 1. The number of hydrogen-bond donors (Lipinski definition) is 1. The summed E-state index contributed by atoms with van der Waals surface area (Å²) in [5, 5.41) is 0. The molecule has 1 aromatic rings. The summed E-state index contributed by atoms with van der Waals surface area (Å²) in [4.78, 5) is 7.18. The van der Waals surface area contributed by atoms with Crippen LogP contribution in [0.2, 0.25) is 0 Å². The molecule has 0 atom stereocenters. The highest BCUT2D eigenvalue weighted by atomic mass is 16.5. The average Bonchev–Trinajstić information content (AvgIpc) is 3.23. The summed E-state index contributed by atoms with van der Waals surface area (Å²) in [5.41, 5.74) is 8.10. The van der Waals surface area contributed by atoms with Gasteiger partial charge in [-0.05, 0) is 36.5 Å². The molecule has 2 rings (SSSR count). The normalized spacial score (nSPS) is 15.0. The van der Waals surface area contributed by atoms with Crippen LogP contribution in [-0.4, -0.2) is 31.3 Å². The minimum Gasteiger partial charge on any atom is -0.383 e. The lowest BCUT2D eigenvalue weighted by molar-refractivity contribution is 0.204. The summed E-state index contributed by atoms with van der Waals surface area (Å²) in [7, 11) is 1.74. The topological polar surface area (TPSA) is 51.4 Å². The quantitative estimate of drug-likeness (QED) is 0.820. The number of anilines is 1. The van der Waals surface area contributed by atoms with Crippen molar-refractivity contribution in [1.29, 1.82) is 0 Å². The molecule has 0 saturated heterocycles. The van der Waals surface area contributed by atoms with Crippen LogP contribution in [0.15, 0.2) is 12.1 Å². The fourth-order valence-corrected chi connectivity index (χ4v) is 2.22. The van der Waals surface area contributed by atoms with Crippen LogP contribution in [0.4, 0.5) is 5.82 Å². The van der Waals surface area contributed by atoms with Crippen LogP contribution in [-0.2, 0) is 11.3 Å².